The third-order valence-electron chi connectivity index (χ3n) is 5.18. The van der Waals surface area contributed by atoms with Crippen LogP contribution in [0.3, 0.4) is 0 Å². The number of halogens is 1. The monoisotopic (exact) mass is 551 g/mol. The molecule has 0 radical (unpaired) electrons. The van der Waals surface area contributed by atoms with E-state index in [2.05, 4.69) is 25.5 Å². The number of nitrogens with zero attached hydrogens (tertiary/aromatic N) is 3. The van der Waals surface area contributed by atoms with E-state index < -0.39 is 36.4 Å². The fourth-order valence-corrected chi connectivity index (χ4v) is 3.41. The Kier molecular flexibility index (Phi) is 8.69. The maximum atomic E-state index is 13.4. The number of rotatable bonds is 11. The zero-order valence-electron chi connectivity index (χ0n) is 20.5. The number of Topliss-reactive ketones (excluding diaryl/α,β-unsaturated/α-hetero) is 1. The molecule has 4 rings (SSSR count). The lowest BCUT2D eigenvalue weighted by molar-refractivity contribution is -0.145. The second-order valence-electron chi connectivity index (χ2n) is 8.10. The summed E-state index contributed by atoms with van der Waals surface area (Å²) >= 11 is 5.99. The van der Waals surface area contributed by atoms with Gasteiger partial charge in [-0.05, 0) is 47.1 Å². The number of ether oxygens (including phenoxy) is 2. The van der Waals surface area contributed by atoms with Crippen molar-refractivity contribution in [3.8, 4) is 11.6 Å². The van der Waals surface area contributed by atoms with Crippen LogP contribution in [0.5, 0.6) is 11.6 Å². The minimum atomic E-state index is -0.797. The number of amides is 1. The number of carbonyl (C=O) groups excluding carboxylic acids is 3. The van der Waals surface area contributed by atoms with Crippen molar-refractivity contribution >= 4 is 40.9 Å². The largest absolute Gasteiger partial charge is 0.458 e. The van der Waals surface area contributed by atoms with Gasteiger partial charge in [0.1, 0.15) is 17.6 Å². The molecule has 0 saturated carbocycles. The SMILES string of the molecule is CC(=O)OCC(=O)CNC(=O)c1cnc(Nc2ccc(Oc3ccon3)cc2)n(Cc2ccc(Cl)cc2)c1=O. The Bertz CT molecular complexity index is 1520. The summed E-state index contributed by atoms with van der Waals surface area (Å²) in [5.74, 6) is -0.976. The number of esters is 1. The summed E-state index contributed by atoms with van der Waals surface area (Å²) in [5, 5.41) is 9.65. The molecular formula is C26H22ClN5O7. The number of nitrogens with one attached hydrogen (secondary N) is 2. The summed E-state index contributed by atoms with van der Waals surface area (Å²) in [4.78, 5) is 53.1. The molecule has 0 aliphatic heterocycles. The third kappa shape index (κ3) is 7.52. The number of anilines is 2. The van der Waals surface area contributed by atoms with Gasteiger partial charge in [0.25, 0.3) is 17.3 Å². The fraction of sp³-hybridized carbons (Fsp3) is 0.154. The van der Waals surface area contributed by atoms with Gasteiger partial charge in [-0.25, -0.2) is 4.98 Å². The van der Waals surface area contributed by atoms with Gasteiger partial charge in [0.15, 0.2) is 12.4 Å². The lowest BCUT2D eigenvalue weighted by Crippen LogP contribution is -2.37. The summed E-state index contributed by atoms with van der Waals surface area (Å²) in [6, 6.07) is 15.2. The Hall–Kier alpha value is -4.97. The molecule has 0 aliphatic rings. The molecule has 2 heterocycles. The third-order valence-corrected chi connectivity index (χ3v) is 5.43. The Labute approximate surface area is 226 Å². The first-order chi connectivity index (χ1) is 18.8. The van der Waals surface area contributed by atoms with Crippen LogP contribution < -0.4 is 20.9 Å². The number of hydrogen-bond acceptors (Lipinski definition) is 10. The first-order valence-electron chi connectivity index (χ1n) is 11.5. The molecular weight excluding hydrogens is 530 g/mol. The maximum absolute atomic E-state index is 13.4. The van der Waals surface area contributed by atoms with Crippen LogP contribution in [0.1, 0.15) is 22.8 Å². The van der Waals surface area contributed by atoms with E-state index in [0.717, 1.165) is 18.7 Å². The molecule has 2 aromatic carbocycles. The molecule has 12 nitrogen and oxygen atoms in total. The van der Waals surface area contributed by atoms with E-state index in [-0.39, 0.29) is 18.1 Å². The summed E-state index contributed by atoms with van der Waals surface area (Å²) in [6.07, 6.45) is 2.51. The lowest BCUT2D eigenvalue weighted by Gasteiger charge is -2.15. The van der Waals surface area contributed by atoms with Crippen molar-refractivity contribution in [1.82, 2.24) is 20.0 Å². The number of benzene rings is 2. The fourth-order valence-electron chi connectivity index (χ4n) is 3.28. The summed E-state index contributed by atoms with van der Waals surface area (Å²) < 4.78 is 16.2. The summed E-state index contributed by atoms with van der Waals surface area (Å²) in [6.45, 7) is 0.327. The van der Waals surface area contributed by atoms with E-state index >= 15 is 0 Å². The Morgan fingerprint density at radius 3 is 2.46 bits per heavy atom. The lowest BCUT2D eigenvalue weighted by atomic mass is 10.2. The van der Waals surface area contributed by atoms with Crippen LogP contribution in [0.4, 0.5) is 11.6 Å². The minimum Gasteiger partial charge on any atom is -0.458 e. The Morgan fingerprint density at radius 2 is 1.79 bits per heavy atom. The number of carbonyl (C=O) groups is 3. The number of ketones is 1. The topological polar surface area (TPSA) is 155 Å². The van der Waals surface area contributed by atoms with E-state index in [4.69, 9.17) is 20.9 Å². The van der Waals surface area contributed by atoms with Crippen molar-refractivity contribution in [3.05, 3.63) is 93.6 Å². The van der Waals surface area contributed by atoms with Gasteiger partial charge in [0.2, 0.25) is 5.95 Å². The van der Waals surface area contributed by atoms with Gasteiger partial charge in [0.05, 0.1) is 13.1 Å². The highest BCUT2D eigenvalue weighted by molar-refractivity contribution is 6.30. The molecule has 2 aromatic heterocycles. The van der Waals surface area contributed by atoms with Crippen LogP contribution >= 0.6 is 11.6 Å². The minimum absolute atomic E-state index is 0.0746. The van der Waals surface area contributed by atoms with Crippen molar-refractivity contribution < 1.29 is 28.4 Å². The molecule has 0 spiro atoms. The van der Waals surface area contributed by atoms with Crippen LogP contribution in [-0.4, -0.2) is 45.5 Å². The molecule has 2 N–H and O–H groups in total. The van der Waals surface area contributed by atoms with Crippen molar-refractivity contribution in [2.75, 3.05) is 18.5 Å². The van der Waals surface area contributed by atoms with Gasteiger partial charge in [-0.3, -0.25) is 23.7 Å². The van der Waals surface area contributed by atoms with Crippen LogP contribution in [0.2, 0.25) is 5.02 Å². The molecule has 200 valence electrons. The summed E-state index contributed by atoms with van der Waals surface area (Å²) in [7, 11) is 0. The van der Waals surface area contributed by atoms with Crippen molar-refractivity contribution in [2.24, 2.45) is 0 Å². The van der Waals surface area contributed by atoms with Crippen molar-refractivity contribution in [2.45, 2.75) is 13.5 Å². The van der Waals surface area contributed by atoms with Crippen LogP contribution in [0, 0.1) is 0 Å². The first kappa shape index (κ1) is 27.1. The molecule has 1 amide bonds. The van der Waals surface area contributed by atoms with Gasteiger partial charge >= 0.3 is 5.97 Å². The normalized spacial score (nSPS) is 10.5. The predicted molar refractivity (Wildman–Crippen MR) is 139 cm³/mol. The zero-order chi connectivity index (χ0) is 27.8. The van der Waals surface area contributed by atoms with Gasteiger partial charge in [0, 0.05) is 29.9 Å². The van der Waals surface area contributed by atoms with Crippen molar-refractivity contribution in [1.29, 1.82) is 0 Å². The molecule has 0 saturated heterocycles. The highest BCUT2D eigenvalue weighted by atomic mass is 35.5. The van der Waals surface area contributed by atoms with E-state index in [9.17, 15) is 19.2 Å². The first-order valence-corrected chi connectivity index (χ1v) is 11.9. The Balaban J connectivity index is 1.56. The average Bonchev–Trinajstić information content (AvgIpc) is 3.43. The smallest absolute Gasteiger partial charge is 0.303 e. The molecule has 39 heavy (non-hydrogen) atoms. The molecule has 0 fully saturated rings. The van der Waals surface area contributed by atoms with Gasteiger partial charge in [-0.2, -0.15) is 0 Å². The molecule has 0 atom stereocenters. The van der Waals surface area contributed by atoms with Crippen LogP contribution in [0.25, 0.3) is 0 Å². The van der Waals surface area contributed by atoms with E-state index in [0.29, 0.717) is 22.3 Å². The van der Waals surface area contributed by atoms with Gasteiger partial charge in [-0.15, -0.1) is 0 Å². The van der Waals surface area contributed by atoms with Gasteiger partial charge < -0.3 is 24.6 Å². The van der Waals surface area contributed by atoms with Crippen LogP contribution in [-0.2, 0) is 20.9 Å². The number of aromatic nitrogens is 3. The number of hydrogen-bond donors (Lipinski definition) is 2. The molecule has 4 aromatic rings. The summed E-state index contributed by atoms with van der Waals surface area (Å²) in [5.41, 5.74) is 0.411. The van der Waals surface area contributed by atoms with Crippen LogP contribution in [0.15, 0.2) is 76.4 Å². The zero-order valence-corrected chi connectivity index (χ0v) is 21.3. The van der Waals surface area contributed by atoms with Crippen molar-refractivity contribution in [3.63, 3.8) is 0 Å². The van der Waals surface area contributed by atoms with E-state index in [1.165, 1.54) is 10.8 Å². The van der Waals surface area contributed by atoms with E-state index in [1.807, 2.05) is 0 Å². The van der Waals surface area contributed by atoms with E-state index in [1.54, 1.807) is 54.6 Å². The highest BCUT2D eigenvalue weighted by Crippen LogP contribution is 2.23. The molecule has 0 bridgehead atoms. The van der Waals surface area contributed by atoms with Gasteiger partial charge in [-0.1, -0.05) is 23.7 Å². The molecule has 0 unspecified atom stereocenters. The second-order valence-corrected chi connectivity index (χ2v) is 8.54. The predicted octanol–water partition coefficient (Wildman–Crippen LogP) is 3.33. The quantitative estimate of drug-likeness (QED) is 0.265. The average molecular weight is 552 g/mol. The Morgan fingerprint density at radius 1 is 1.05 bits per heavy atom. The maximum Gasteiger partial charge on any atom is 0.303 e. The second kappa shape index (κ2) is 12.5. The molecule has 0 aliphatic carbocycles. The molecule has 13 heteroatoms. The standard InChI is InChI=1S/C26H22ClN5O7/c1-16(33)37-15-20(34)12-28-24(35)22-13-29-26(32(25(22)36)14-17-2-4-18(27)5-3-17)30-19-6-8-21(9-7-19)39-23-10-11-38-31-23/h2-11,13H,12,14-15H2,1H3,(H,28,35)(H,29,30). The highest BCUT2D eigenvalue weighted by Gasteiger charge is 2.18.